The Labute approximate surface area is 180 Å². The molecule has 29 heavy (non-hydrogen) atoms. The molecule has 0 saturated carbocycles. The predicted octanol–water partition coefficient (Wildman–Crippen LogP) is 6.09. The minimum absolute atomic E-state index is 0.0552. The number of aromatic carboxylic acids is 1. The number of H-pyrrole nitrogens is 2. The third-order valence-electron chi connectivity index (χ3n) is 4.34. The molecule has 0 radical (unpaired) electrons. The Hall–Kier alpha value is -2.67. The fourth-order valence-electron chi connectivity index (χ4n) is 2.96. The Morgan fingerprint density at radius 3 is 2.31 bits per heavy atom. The Kier molecular flexibility index (Phi) is 6.07. The lowest BCUT2D eigenvalue weighted by Crippen LogP contribution is -2.02. The first-order chi connectivity index (χ1) is 13.8. The average molecular weight is 454 g/mol. The molecule has 0 spiro atoms. The summed E-state index contributed by atoms with van der Waals surface area (Å²) < 4.78 is 4.66. The molecule has 2 aromatic carbocycles. The van der Waals surface area contributed by atoms with Crippen LogP contribution in [0.25, 0.3) is 21.8 Å². The molecule has 0 fully saturated rings. The van der Waals surface area contributed by atoms with Crippen molar-refractivity contribution in [1.82, 2.24) is 9.97 Å². The summed E-state index contributed by atoms with van der Waals surface area (Å²) in [6, 6.07) is 6.83. The molecule has 0 atom stereocenters. The van der Waals surface area contributed by atoms with Gasteiger partial charge in [-0.1, -0.05) is 34.8 Å². The van der Waals surface area contributed by atoms with Crippen molar-refractivity contribution in [2.45, 2.75) is 6.92 Å². The lowest BCUT2D eigenvalue weighted by molar-refractivity contribution is 0.0600. The van der Waals surface area contributed by atoms with Gasteiger partial charge in [0, 0.05) is 34.2 Å². The second kappa shape index (κ2) is 8.37. The number of hydrogen-bond donors (Lipinski definition) is 3. The van der Waals surface area contributed by atoms with Gasteiger partial charge in [0.15, 0.2) is 0 Å². The summed E-state index contributed by atoms with van der Waals surface area (Å²) in [7, 11) is 1.34. The van der Waals surface area contributed by atoms with Gasteiger partial charge in [0.05, 0.1) is 33.3 Å². The van der Waals surface area contributed by atoms with Crippen LogP contribution in [0.1, 0.15) is 26.3 Å². The number of halogens is 3. The van der Waals surface area contributed by atoms with E-state index >= 15 is 0 Å². The molecule has 0 unspecified atom stereocenters. The molecule has 4 aromatic rings. The minimum Gasteiger partial charge on any atom is -0.478 e. The van der Waals surface area contributed by atoms with Gasteiger partial charge in [0.1, 0.15) is 0 Å². The monoisotopic (exact) mass is 452 g/mol. The number of rotatable bonds is 2. The number of carbonyl (C=O) groups excluding carboxylic acids is 1. The molecule has 0 bridgehead atoms. The van der Waals surface area contributed by atoms with E-state index in [0.29, 0.717) is 16.0 Å². The first kappa shape index (κ1) is 21.0. The van der Waals surface area contributed by atoms with Gasteiger partial charge in [-0.15, -0.1) is 0 Å². The summed E-state index contributed by atoms with van der Waals surface area (Å²) in [4.78, 5) is 28.2. The third kappa shape index (κ3) is 3.92. The van der Waals surface area contributed by atoms with Crippen LogP contribution < -0.4 is 0 Å². The number of aromatic amines is 2. The predicted molar refractivity (Wildman–Crippen MR) is 115 cm³/mol. The van der Waals surface area contributed by atoms with Gasteiger partial charge < -0.3 is 19.8 Å². The zero-order valence-corrected chi connectivity index (χ0v) is 17.5. The molecule has 0 aliphatic carbocycles. The second-order valence-electron chi connectivity index (χ2n) is 6.10. The highest BCUT2D eigenvalue weighted by Crippen LogP contribution is 2.32. The number of esters is 1. The van der Waals surface area contributed by atoms with Gasteiger partial charge in [-0.3, -0.25) is 0 Å². The number of nitrogens with one attached hydrogen (secondary N) is 2. The minimum atomic E-state index is -1.12. The summed E-state index contributed by atoms with van der Waals surface area (Å²) in [6.07, 6.45) is 3.48. The summed E-state index contributed by atoms with van der Waals surface area (Å²) in [5.74, 6) is -1.53. The molecule has 2 heterocycles. The van der Waals surface area contributed by atoms with Crippen LogP contribution in [-0.4, -0.2) is 34.1 Å². The lowest BCUT2D eigenvalue weighted by Gasteiger charge is -2.05. The number of methoxy groups -OCH3 is 1. The Morgan fingerprint density at radius 1 is 1.00 bits per heavy atom. The quantitative estimate of drug-likeness (QED) is 0.320. The SMILES string of the molecule is COC(=O)c1cc(C)c2[nH]ccc2c1Cl.O=C(O)c1c(Cl)cc2[nH]ccc2c1Cl. The number of carboxylic acids is 1. The van der Waals surface area contributed by atoms with E-state index in [1.807, 2.05) is 13.0 Å². The van der Waals surface area contributed by atoms with Crippen LogP contribution in [0.4, 0.5) is 0 Å². The van der Waals surface area contributed by atoms with Crippen molar-refractivity contribution < 1.29 is 19.4 Å². The maximum absolute atomic E-state index is 11.4. The van der Waals surface area contributed by atoms with Crippen molar-refractivity contribution in [3.63, 3.8) is 0 Å². The highest BCUT2D eigenvalue weighted by atomic mass is 35.5. The highest BCUT2D eigenvalue weighted by molar-refractivity contribution is 6.43. The first-order valence-electron chi connectivity index (χ1n) is 8.29. The molecule has 9 heteroatoms. The van der Waals surface area contributed by atoms with E-state index in [0.717, 1.165) is 22.0 Å². The first-order valence-corrected chi connectivity index (χ1v) is 9.42. The summed E-state index contributed by atoms with van der Waals surface area (Å²) in [6.45, 7) is 1.92. The molecule has 0 aliphatic heterocycles. The fourth-order valence-corrected chi connectivity index (χ4v) is 3.93. The van der Waals surface area contributed by atoms with Gasteiger partial charge in [-0.2, -0.15) is 0 Å². The number of carbonyl (C=O) groups is 2. The van der Waals surface area contributed by atoms with Crippen LogP contribution in [0.3, 0.4) is 0 Å². The van der Waals surface area contributed by atoms with Gasteiger partial charge >= 0.3 is 11.9 Å². The van der Waals surface area contributed by atoms with Gasteiger partial charge in [-0.05, 0) is 36.8 Å². The van der Waals surface area contributed by atoms with E-state index in [2.05, 4.69) is 14.7 Å². The maximum Gasteiger partial charge on any atom is 0.339 e. The van der Waals surface area contributed by atoms with E-state index in [-0.39, 0.29) is 15.6 Å². The Balaban J connectivity index is 0.000000166. The normalized spacial score (nSPS) is 10.7. The number of hydrogen-bond acceptors (Lipinski definition) is 3. The van der Waals surface area contributed by atoms with Crippen LogP contribution in [-0.2, 0) is 4.74 Å². The molecule has 6 nitrogen and oxygen atoms in total. The van der Waals surface area contributed by atoms with Crippen LogP contribution in [0.15, 0.2) is 36.7 Å². The van der Waals surface area contributed by atoms with Crippen molar-refractivity contribution >= 4 is 68.5 Å². The van der Waals surface area contributed by atoms with Crippen molar-refractivity contribution in [1.29, 1.82) is 0 Å². The zero-order valence-electron chi connectivity index (χ0n) is 15.3. The molecule has 150 valence electrons. The Bertz CT molecular complexity index is 1240. The number of fused-ring (bicyclic) bond motifs is 2. The third-order valence-corrected chi connectivity index (χ3v) is 5.44. The topological polar surface area (TPSA) is 95.2 Å². The van der Waals surface area contributed by atoms with Gasteiger partial charge in [0.2, 0.25) is 0 Å². The molecule has 3 N–H and O–H groups in total. The van der Waals surface area contributed by atoms with Crippen LogP contribution in [0, 0.1) is 6.92 Å². The molecule has 4 rings (SSSR count). The summed E-state index contributed by atoms with van der Waals surface area (Å²) in [5, 5.41) is 11.1. The van der Waals surface area contributed by atoms with Crippen LogP contribution in [0.5, 0.6) is 0 Å². The van der Waals surface area contributed by atoms with Crippen LogP contribution >= 0.6 is 34.8 Å². The summed E-state index contributed by atoms with van der Waals surface area (Å²) in [5.41, 5.74) is 3.00. The van der Waals surface area contributed by atoms with Crippen LogP contribution in [0.2, 0.25) is 15.1 Å². The molecular weight excluding hydrogens is 439 g/mol. The van der Waals surface area contributed by atoms with E-state index in [1.165, 1.54) is 7.11 Å². The highest BCUT2D eigenvalue weighted by Gasteiger charge is 2.17. The molecule has 2 aromatic heterocycles. The van der Waals surface area contributed by atoms with Crippen molar-refractivity contribution in [2.24, 2.45) is 0 Å². The fraction of sp³-hybridized carbons (Fsp3) is 0.100. The average Bonchev–Trinajstić information content (AvgIpc) is 3.34. The number of ether oxygens (including phenoxy) is 1. The maximum atomic E-state index is 11.4. The number of aryl methyl sites for hydroxylation is 1. The van der Waals surface area contributed by atoms with Crippen molar-refractivity contribution in [3.8, 4) is 0 Å². The standard InChI is InChI=1S/C11H10ClNO2.C9H5Cl2NO2/c1-6-5-8(11(14)15-2)9(12)7-3-4-13-10(6)7;10-5-3-6-4(1-2-12-6)8(11)7(5)9(13)14/h3-5,13H,1-2H3;1-3,12H,(H,13,14). The van der Waals surface area contributed by atoms with E-state index in [4.69, 9.17) is 39.9 Å². The number of benzene rings is 2. The second-order valence-corrected chi connectivity index (χ2v) is 7.27. The lowest BCUT2D eigenvalue weighted by atomic mass is 10.1. The van der Waals surface area contributed by atoms with E-state index < -0.39 is 11.9 Å². The molecular formula is C20H15Cl3N2O4. The Morgan fingerprint density at radius 2 is 1.66 bits per heavy atom. The smallest absolute Gasteiger partial charge is 0.339 e. The molecule has 0 aliphatic rings. The summed E-state index contributed by atoms with van der Waals surface area (Å²) >= 11 is 17.8. The van der Waals surface area contributed by atoms with Crippen molar-refractivity contribution in [2.75, 3.05) is 7.11 Å². The zero-order chi connectivity index (χ0) is 21.3. The van der Waals surface area contributed by atoms with Gasteiger partial charge in [0.25, 0.3) is 0 Å². The van der Waals surface area contributed by atoms with E-state index in [9.17, 15) is 9.59 Å². The van der Waals surface area contributed by atoms with Gasteiger partial charge in [-0.25, -0.2) is 9.59 Å². The molecule has 0 saturated heterocycles. The largest absolute Gasteiger partial charge is 0.478 e. The van der Waals surface area contributed by atoms with Crippen molar-refractivity contribution in [3.05, 3.63) is 68.4 Å². The van der Waals surface area contributed by atoms with E-state index in [1.54, 1.807) is 30.6 Å². The molecule has 0 amide bonds. The number of carboxylic acid groups (broad SMARTS) is 1. The number of aromatic nitrogens is 2.